The minimum Gasteiger partial charge on any atom is -0.378 e. The van der Waals surface area contributed by atoms with E-state index < -0.39 is 0 Å². The molecule has 2 unspecified atom stereocenters. The maximum absolute atomic E-state index is 6.43. The Hall–Kier alpha value is -0.580. The zero-order valence-corrected chi connectivity index (χ0v) is 14.6. The summed E-state index contributed by atoms with van der Waals surface area (Å²) < 4.78 is 7.64. The van der Waals surface area contributed by atoms with Crippen LogP contribution in [0.1, 0.15) is 38.4 Å². The summed E-state index contributed by atoms with van der Waals surface area (Å²) in [6.07, 6.45) is 2.25. The van der Waals surface area contributed by atoms with Gasteiger partial charge in [-0.1, -0.05) is 25.4 Å². The maximum atomic E-state index is 6.43. The van der Waals surface area contributed by atoms with E-state index >= 15 is 0 Å². The van der Waals surface area contributed by atoms with Gasteiger partial charge < -0.3 is 10.1 Å². The molecule has 2 atom stereocenters. The van der Waals surface area contributed by atoms with Gasteiger partial charge in [0.1, 0.15) is 5.15 Å². The summed E-state index contributed by atoms with van der Waals surface area (Å²) >= 11 is 6.43. The van der Waals surface area contributed by atoms with Crippen LogP contribution in [0.3, 0.4) is 0 Å². The Morgan fingerprint density at radius 2 is 2.24 bits per heavy atom. The van der Waals surface area contributed by atoms with Crippen molar-refractivity contribution in [3.63, 3.8) is 0 Å². The second kappa shape index (κ2) is 6.67. The predicted molar refractivity (Wildman–Crippen MR) is 86.8 cm³/mol. The minimum atomic E-state index is 0.117. The van der Waals surface area contributed by atoms with Gasteiger partial charge in [0.05, 0.1) is 11.8 Å². The van der Waals surface area contributed by atoms with Crippen molar-refractivity contribution in [3.8, 4) is 0 Å². The molecule has 1 aromatic heterocycles. The van der Waals surface area contributed by atoms with Gasteiger partial charge in [-0.15, -0.1) is 0 Å². The van der Waals surface area contributed by atoms with Crippen molar-refractivity contribution in [2.75, 3.05) is 19.7 Å². The molecule has 21 heavy (non-hydrogen) atoms. The predicted octanol–water partition coefficient (Wildman–Crippen LogP) is 2.97. The summed E-state index contributed by atoms with van der Waals surface area (Å²) in [6, 6.07) is 0. The van der Waals surface area contributed by atoms with Gasteiger partial charge in [0.2, 0.25) is 0 Å². The lowest BCUT2D eigenvalue weighted by atomic mass is 9.76. The first kappa shape index (κ1) is 16.8. The zero-order chi connectivity index (χ0) is 15.6. The smallest absolute Gasteiger partial charge is 0.130 e. The van der Waals surface area contributed by atoms with Crippen LogP contribution in [0.25, 0.3) is 0 Å². The standard InChI is InChI=1S/C16H28ClN3O/c1-11(2)9-18-10-16(6-7-21-13(16)4)8-14-12(3)19-20(5)15(14)17/h11,13,18H,6-10H2,1-5H3. The summed E-state index contributed by atoms with van der Waals surface area (Å²) in [6.45, 7) is 11.5. The number of nitrogens with zero attached hydrogens (tertiary/aromatic N) is 2. The number of aryl methyl sites for hydroxylation is 2. The summed E-state index contributed by atoms with van der Waals surface area (Å²) in [5.41, 5.74) is 2.32. The van der Waals surface area contributed by atoms with Gasteiger partial charge in [-0.25, -0.2) is 0 Å². The number of hydrogen-bond acceptors (Lipinski definition) is 3. The summed E-state index contributed by atoms with van der Waals surface area (Å²) in [7, 11) is 1.90. The Labute approximate surface area is 133 Å². The van der Waals surface area contributed by atoms with Crippen LogP contribution in [0, 0.1) is 18.3 Å². The molecular weight excluding hydrogens is 286 g/mol. The van der Waals surface area contributed by atoms with Gasteiger partial charge in [0.15, 0.2) is 0 Å². The number of halogens is 1. The number of aromatic nitrogens is 2. The van der Waals surface area contributed by atoms with Crippen LogP contribution >= 0.6 is 11.6 Å². The molecule has 120 valence electrons. The van der Waals surface area contributed by atoms with Crippen LogP contribution in [0.5, 0.6) is 0 Å². The Morgan fingerprint density at radius 1 is 1.52 bits per heavy atom. The van der Waals surface area contributed by atoms with Gasteiger partial charge in [0.25, 0.3) is 0 Å². The Morgan fingerprint density at radius 3 is 2.71 bits per heavy atom. The summed E-state index contributed by atoms with van der Waals surface area (Å²) in [4.78, 5) is 0. The highest BCUT2D eigenvalue weighted by molar-refractivity contribution is 6.30. The maximum Gasteiger partial charge on any atom is 0.130 e. The third kappa shape index (κ3) is 3.61. The number of hydrogen-bond donors (Lipinski definition) is 1. The first-order chi connectivity index (χ1) is 9.85. The fourth-order valence-electron chi connectivity index (χ4n) is 3.18. The fourth-order valence-corrected chi connectivity index (χ4v) is 3.42. The van der Waals surface area contributed by atoms with E-state index in [9.17, 15) is 0 Å². The van der Waals surface area contributed by atoms with Crippen molar-refractivity contribution in [1.29, 1.82) is 0 Å². The largest absolute Gasteiger partial charge is 0.378 e. The molecule has 0 aromatic carbocycles. The topological polar surface area (TPSA) is 39.1 Å². The highest BCUT2D eigenvalue weighted by Crippen LogP contribution is 2.39. The molecule has 1 aliphatic heterocycles. The van der Waals surface area contributed by atoms with Crippen LogP contribution in [0.15, 0.2) is 0 Å². The number of rotatable bonds is 6. The molecule has 0 bridgehead atoms. The Bertz CT molecular complexity index is 486. The molecule has 0 aliphatic carbocycles. The number of nitrogens with one attached hydrogen (secondary N) is 1. The van der Waals surface area contributed by atoms with Crippen molar-refractivity contribution >= 4 is 11.6 Å². The van der Waals surface area contributed by atoms with Crippen molar-refractivity contribution in [2.24, 2.45) is 18.4 Å². The van der Waals surface area contributed by atoms with Gasteiger partial charge in [-0.2, -0.15) is 5.10 Å². The molecule has 0 spiro atoms. The SMILES string of the molecule is Cc1nn(C)c(Cl)c1CC1(CNCC(C)C)CCOC1C. The van der Waals surface area contributed by atoms with Crippen LogP contribution in [0.2, 0.25) is 5.15 Å². The first-order valence-corrected chi connectivity index (χ1v) is 8.24. The van der Waals surface area contributed by atoms with Crippen molar-refractivity contribution in [2.45, 2.75) is 46.6 Å². The van der Waals surface area contributed by atoms with E-state index in [1.54, 1.807) is 4.68 Å². The van der Waals surface area contributed by atoms with Gasteiger partial charge in [-0.05, 0) is 39.2 Å². The summed E-state index contributed by atoms with van der Waals surface area (Å²) in [5.74, 6) is 0.656. The van der Waals surface area contributed by atoms with E-state index in [1.807, 2.05) is 14.0 Å². The molecule has 1 N–H and O–H groups in total. The molecule has 1 aliphatic rings. The highest BCUT2D eigenvalue weighted by Gasteiger charge is 2.42. The zero-order valence-electron chi connectivity index (χ0n) is 13.9. The monoisotopic (exact) mass is 313 g/mol. The van der Waals surface area contributed by atoms with E-state index in [-0.39, 0.29) is 11.5 Å². The fraction of sp³-hybridized carbons (Fsp3) is 0.812. The van der Waals surface area contributed by atoms with Gasteiger partial charge in [0, 0.05) is 31.2 Å². The molecule has 0 amide bonds. The molecule has 4 nitrogen and oxygen atoms in total. The average molecular weight is 314 g/mol. The van der Waals surface area contributed by atoms with Gasteiger partial charge in [-0.3, -0.25) is 4.68 Å². The molecule has 0 saturated carbocycles. The number of ether oxygens (including phenoxy) is 1. The van der Waals surface area contributed by atoms with Crippen molar-refractivity contribution in [3.05, 3.63) is 16.4 Å². The van der Waals surface area contributed by atoms with Crippen LogP contribution in [0.4, 0.5) is 0 Å². The van der Waals surface area contributed by atoms with Crippen molar-refractivity contribution in [1.82, 2.24) is 15.1 Å². The van der Waals surface area contributed by atoms with Crippen LogP contribution < -0.4 is 5.32 Å². The quantitative estimate of drug-likeness (QED) is 0.877. The molecule has 1 saturated heterocycles. The second-order valence-corrected chi connectivity index (χ2v) is 7.16. The molecular formula is C16H28ClN3O. The molecule has 1 fully saturated rings. The molecule has 0 radical (unpaired) electrons. The molecule has 5 heteroatoms. The van der Waals surface area contributed by atoms with E-state index in [0.717, 1.165) is 43.4 Å². The molecule has 1 aromatic rings. The Balaban J connectivity index is 2.16. The second-order valence-electron chi connectivity index (χ2n) is 6.81. The highest BCUT2D eigenvalue weighted by atomic mass is 35.5. The third-order valence-corrected chi connectivity index (χ3v) is 5.13. The first-order valence-electron chi connectivity index (χ1n) is 7.86. The van der Waals surface area contributed by atoms with Crippen LogP contribution in [-0.2, 0) is 18.2 Å². The van der Waals surface area contributed by atoms with Crippen LogP contribution in [-0.4, -0.2) is 35.6 Å². The summed E-state index contributed by atoms with van der Waals surface area (Å²) in [5, 5.41) is 8.81. The Kier molecular flexibility index (Phi) is 5.33. The molecule has 2 heterocycles. The average Bonchev–Trinajstić information content (AvgIpc) is 2.86. The minimum absolute atomic E-state index is 0.117. The van der Waals surface area contributed by atoms with Gasteiger partial charge >= 0.3 is 0 Å². The van der Waals surface area contributed by atoms with E-state index in [0.29, 0.717) is 5.92 Å². The van der Waals surface area contributed by atoms with Crippen molar-refractivity contribution < 1.29 is 4.74 Å². The van der Waals surface area contributed by atoms with E-state index in [1.165, 1.54) is 5.56 Å². The molecule has 2 rings (SSSR count). The normalized spacial score (nSPS) is 26.0. The lowest BCUT2D eigenvalue weighted by Gasteiger charge is -2.33. The van der Waals surface area contributed by atoms with E-state index in [2.05, 4.69) is 31.2 Å². The lowest BCUT2D eigenvalue weighted by molar-refractivity contribution is 0.0626. The lowest BCUT2D eigenvalue weighted by Crippen LogP contribution is -2.42. The third-order valence-electron chi connectivity index (χ3n) is 4.66. The van der Waals surface area contributed by atoms with E-state index in [4.69, 9.17) is 16.3 Å².